The maximum absolute atomic E-state index is 12.1. The van der Waals surface area contributed by atoms with Crippen molar-refractivity contribution in [3.05, 3.63) is 58.4 Å². The number of aromatic nitrogens is 1. The number of hydrogen-bond donors (Lipinski definition) is 1. The summed E-state index contributed by atoms with van der Waals surface area (Å²) in [4.78, 5) is 16.0. The van der Waals surface area contributed by atoms with Gasteiger partial charge in [-0.05, 0) is 29.0 Å². The van der Waals surface area contributed by atoms with E-state index < -0.39 is 0 Å². The average molecular weight is 227 g/mol. The highest BCUT2D eigenvalue weighted by molar-refractivity contribution is 7.12. The number of thiophene rings is 1. The smallest absolute Gasteiger partial charge is 0.203 e. The molecule has 0 saturated heterocycles. The monoisotopic (exact) mass is 227 g/mol. The Morgan fingerprint density at radius 3 is 2.94 bits per heavy atom. The third kappa shape index (κ3) is 1.46. The van der Waals surface area contributed by atoms with E-state index >= 15 is 0 Å². The molecule has 0 atom stereocenters. The molecular formula is C13H9NOS. The van der Waals surface area contributed by atoms with Crippen LogP contribution in [0.2, 0.25) is 0 Å². The summed E-state index contributed by atoms with van der Waals surface area (Å²) in [5.41, 5.74) is 1.74. The van der Waals surface area contributed by atoms with E-state index in [0.717, 1.165) is 21.3 Å². The van der Waals surface area contributed by atoms with Crippen molar-refractivity contribution in [2.45, 2.75) is 0 Å². The zero-order chi connectivity index (χ0) is 11.0. The number of fused-ring (bicyclic) bond motifs is 1. The van der Waals surface area contributed by atoms with Gasteiger partial charge in [-0.3, -0.25) is 4.79 Å². The second-order valence-electron chi connectivity index (χ2n) is 3.59. The number of benzene rings is 1. The second kappa shape index (κ2) is 3.61. The maximum atomic E-state index is 12.1. The predicted molar refractivity (Wildman–Crippen MR) is 66.1 cm³/mol. The van der Waals surface area contributed by atoms with E-state index in [0.29, 0.717) is 0 Å². The van der Waals surface area contributed by atoms with Crippen molar-refractivity contribution < 1.29 is 4.79 Å². The van der Waals surface area contributed by atoms with Crippen LogP contribution in [0.3, 0.4) is 0 Å². The molecule has 0 amide bonds. The molecular weight excluding hydrogens is 218 g/mol. The molecule has 2 heterocycles. The van der Waals surface area contributed by atoms with Crippen molar-refractivity contribution >= 4 is 28.0 Å². The van der Waals surface area contributed by atoms with Gasteiger partial charge in [0.1, 0.15) is 0 Å². The Bertz CT molecular complexity index is 637. The molecule has 0 aliphatic heterocycles. The fourth-order valence-corrected chi connectivity index (χ4v) is 2.42. The van der Waals surface area contributed by atoms with Crippen LogP contribution < -0.4 is 0 Å². The lowest BCUT2D eigenvalue weighted by atomic mass is 10.1. The van der Waals surface area contributed by atoms with Gasteiger partial charge in [0, 0.05) is 17.3 Å². The van der Waals surface area contributed by atoms with Gasteiger partial charge in [0.25, 0.3) is 0 Å². The first-order valence-electron chi connectivity index (χ1n) is 5.00. The Morgan fingerprint density at radius 1 is 1.19 bits per heavy atom. The van der Waals surface area contributed by atoms with Crippen LogP contribution >= 0.6 is 11.3 Å². The molecule has 2 nitrogen and oxygen atoms in total. The van der Waals surface area contributed by atoms with Gasteiger partial charge in [0.05, 0.1) is 4.88 Å². The lowest BCUT2D eigenvalue weighted by molar-refractivity contribution is 0.104. The van der Waals surface area contributed by atoms with E-state index in [-0.39, 0.29) is 5.78 Å². The molecule has 0 saturated carbocycles. The number of nitrogens with one attached hydrogen (secondary N) is 1. The highest BCUT2D eigenvalue weighted by Gasteiger charge is 2.10. The van der Waals surface area contributed by atoms with Gasteiger partial charge >= 0.3 is 0 Å². The molecule has 0 spiro atoms. The van der Waals surface area contributed by atoms with Crippen LogP contribution in [0.15, 0.2) is 48.0 Å². The van der Waals surface area contributed by atoms with Gasteiger partial charge in [-0.2, -0.15) is 0 Å². The number of rotatable bonds is 2. The molecule has 16 heavy (non-hydrogen) atoms. The topological polar surface area (TPSA) is 32.9 Å². The first-order valence-corrected chi connectivity index (χ1v) is 5.88. The first-order chi connectivity index (χ1) is 7.84. The minimum absolute atomic E-state index is 0.0894. The third-order valence-electron chi connectivity index (χ3n) is 2.56. The minimum Gasteiger partial charge on any atom is -0.361 e. The molecule has 0 radical (unpaired) electrons. The summed E-state index contributed by atoms with van der Waals surface area (Å²) in [6.07, 6.45) is 1.88. The Balaban J connectivity index is 2.09. The quantitative estimate of drug-likeness (QED) is 0.668. The van der Waals surface area contributed by atoms with Gasteiger partial charge in [0.2, 0.25) is 5.78 Å². The Hall–Kier alpha value is -1.87. The normalized spacial score (nSPS) is 10.8. The summed E-state index contributed by atoms with van der Waals surface area (Å²) >= 11 is 1.47. The number of carbonyl (C=O) groups is 1. The molecule has 3 rings (SSSR count). The third-order valence-corrected chi connectivity index (χ3v) is 3.43. The number of aromatic amines is 1. The van der Waals surface area contributed by atoms with E-state index in [4.69, 9.17) is 0 Å². The molecule has 0 unspecified atom stereocenters. The largest absolute Gasteiger partial charge is 0.361 e. The van der Waals surface area contributed by atoms with Crippen LogP contribution in [-0.4, -0.2) is 10.8 Å². The lowest BCUT2D eigenvalue weighted by Gasteiger charge is -1.98. The van der Waals surface area contributed by atoms with Crippen molar-refractivity contribution in [1.82, 2.24) is 4.98 Å². The molecule has 3 aromatic rings. The van der Waals surface area contributed by atoms with Crippen molar-refractivity contribution in [2.75, 3.05) is 0 Å². The zero-order valence-corrected chi connectivity index (χ0v) is 9.25. The average Bonchev–Trinajstić information content (AvgIpc) is 2.98. The van der Waals surface area contributed by atoms with Gasteiger partial charge in [0.15, 0.2) is 0 Å². The van der Waals surface area contributed by atoms with Crippen molar-refractivity contribution in [2.24, 2.45) is 0 Å². The van der Waals surface area contributed by atoms with E-state index in [1.165, 1.54) is 11.3 Å². The molecule has 0 fully saturated rings. The van der Waals surface area contributed by atoms with Crippen LogP contribution in [-0.2, 0) is 0 Å². The molecule has 0 aliphatic carbocycles. The Morgan fingerprint density at radius 2 is 2.12 bits per heavy atom. The highest BCUT2D eigenvalue weighted by atomic mass is 32.1. The van der Waals surface area contributed by atoms with Gasteiger partial charge < -0.3 is 4.98 Å². The Labute approximate surface area is 96.5 Å². The summed E-state index contributed by atoms with van der Waals surface area (Å²) in [5.74, 6) is 0.0894. The highest BCUT2D eigenvalue weighted by Crippen LogP contribution is 2.19. The molecule has 1 aromatic carbocycles. The van der Waals surface area contributed by atoms with Gasteiger partial charge in [-0.25, -0.2) is 0 Å². The van der Waals surface area contributed by atoms with Gasteiger partial charge in [-0.15, -0.1) is 11.3 Å². The maximum Gasteiger partial charge on any atom is 0.203 e. The Kier molecular flexibility index (Phi) is 2.11. The summed E-state index contributed by atoms with van der Waals surface area (Å²) < 4.78 is 0. The van der Waals surface area contributed by atoms with Crippen LogP contribution in [0, 0.1) is 0 Å². The second-order valence-corrected chi connectivity index (χ2v) is 4.53. The summed E-state index contributed by atoms with van der Waals surface area (Å²) in [5, 5.41) is 3.04. The van der Waals surface area contributed by atoms with Crippen LogP contribution in [0.1, 0.15) is 15.2 Å². The van der Waals surface area contributed by atoms with Gasteiger partial charge in [-0.1, -0.05) is 18.2 Å². The fourth-order valence-electron chi connectivity index (χ4n) is 1.74. The van der Waals surface area contributed by atoms with Crippen LogP contribution in [0.5, 0.6) is 0 Å². The predicted octanol–water partition coefficient (Wildman–Crippen LogP) is 3.46. The molecule has 3 heteroatoms. The summed E-state index contributed by atoms with van der Waals surface area (Å²) in [6, 6.07) is 11.5. The number of H-pyrrole nitrogens is 1. The first kappa shape index (κ1) is 9.36. The molecule has 0 bridgehead atoms. The van der Waals surface area contributed by atoms with E-state index in [2.05, 4.69) is 4.98 Å². The van der Waals surface area contributed by atoms with E-state index in [9.17, 15) is 4.79 Å². The summed E-state index contributed by atoms with van der Waals surface area (Å²) in [6.45, 7) is 0. The van der Waals surface area contributed by atoms with Crippen molar-refractivity contribution in [1.29, 1.82) is 0 Å². The zero-order valence-electron chi connectivity index (χ0n) is 8.44. The molecule has 1 N–H and O–H groups in total. The number of carbonyl (C=O) groups excluding carboxylic acids is 1. The SMILES string of the molecule is O=C(c1ccc2cc[nH]c2c1)c1cccs1. The van der Waals surface area contributed by atoms with Crippen molar-refractivity contribution in [3.8, 4) is 0 Å². The number of hydrogen-bond acceptors (Lipinski definition) is 2. The van der Waals surface area contributed by atoms with Crippen molar-refractivity contribution in [3.63, 3.8) is 0 Å². The fraction of sp³-hybridized carbons (Fsp3) is 0. The van der Waals surface area contributed by atoms with E-state index in [1.54, 1.807) is 0 Å². The standard InChI is InChI=1S/C13H9NOS/c15-13(12-2-1-7-16-12)10-4-3-9-5-6-14-11(9)8-10/h1-8,14H. The lowest BCUT2D eigenvalue weighted by Crippen LogP contribution is -1.97. The minimum atomic E-state index is 0.0894. The van der Waals surface area contributed by atoms with E-state index in [1.807, 2.05) is 48.0 Å². The molecule has 2 aromatic heterocycles. The molecule has 0 aliphatic rings. The van der Waals surface area contributed by atoms with Crippen LogP contribution in [0.25, 0.3) is 10.9 Å². The summed E-state index contributed by atoms with van der Waals surface area (Å²) in [7, 11) is 0. The molecule has 78 valence electrons. The number of ketones is 1. The van der Waals surface area contributed by atoms with Crippen LogP contribution in [0.4, 0.5) is 0 Å².